The minimum atomic E-state index is -4.56. The summed E-state index contributed by atoms with van der Waals surface area (Å²) in [5.41, 5.74) is -0.194. The zero-order chi connectivity index (χ0) is 55.4. The molecular formula is C61H80F6N4O6. The van der Waals surface area contributed by atoms with Gasteiger partial charge in [-0.2, -0.15) is 26.3 Å². The molecule has 0 atom stereocenters. The number of nitrogens with one attached hydrogen (secondary N) is 2. The second-order valence-corrected chi connectivity index (χ2v) is 26.2. The molecular weight excluding hydrogens is 999 g/mol. The van der Waals surface area contributed by atoms with E-state index < -0.39 is 34.9 Å². The Morgan fingerprint density at radius 1 is 0.532 bits per heavy atom. The third-order valence-corrected chi connectivity index (χ3v) is 19.6. The lowest BCUT2D eigenvalue weighted by molar-refractivity contribution is -0.160. The molecule has 12 rings (SSSR count). The summed E-state index contributed by atoms with van der Waals surface area (Å²) in [6.45, 7) is 14.2. The summed E-state index contributed by atoms with van der Waals surface area (Å²) in [5, 5.41) is 17.0. The molecule has 4 bridgehead atoms. The van der Waals surface area contributed by atoms with Crippen LogP contribution in [-0.2, 0) is 39.8 Å². The number of alkyl halides is 6. The zero-order valence-electron chi connectivity index (χ0n) is 46.1. The molecule has 3 N–H and O–H groups in total. The van der Waals surface area contributed by atoms with Gasteiger partial charge in [0.2, 0.25) is 0 Å². The number of aromatic nitrogens is 2. The van der Waals surface area contributed by atoms with Gasteiger partial charge in [-0.3, -0.25) is 19.6 Å². The number of carbonyl (C=O) groups excluding carboxylic acids is 1. The van der Waals surface area contributed by atoms with Crippen molar-refractivity contribution in [2.75, 3.05) is 7.11 Å². The predicted octanol–water partition coefficient (Wildman–Crippen LogP) is 15.1. The lowest BCUT2D eigenvalue weighted by atomic mass is 9.57. The topological polar surface area (TPSA) is 132 Å². The summed E-state index contributed by atoms with van der Waals surface area (Å²) in [6.07, 6.45) is 6.79. The lowest BCUT2D eigenvalue weighted by Crippen LogP contribution is -2.56. The van der Waals surface area contributed by atoms with Gasteiger partial charge in [0, 0.05) is 34.9 Å². The maximum atomic E-state index is 14.3. The number of carbonyl (C=O) groups is 2. The number of ether oxygens (including phenoxy) is 3. The van der Waals surface area contributed by atoms with Gasteiger partial charge in [-0.1, -0.05) is 53.7 Å². The Kier molecular flexibility index (Phi) is 15.8. The smallest absolute Gasteiger partial charge is 0.420 e. The van der Waals surface area contributed by atoms with Gasteiger partial charge in [-0.05, 0) is 187 Å². The molecule has 422 valence electrons. The third-order valence-electron chi connectivity index (χ3n) is 19.6. The van der Waals surface area contributed by atoms with Crippen LogP contribution in [0.3, 0.4) is 0 Å². The molecule has 0 amide bonds. The molecule has 16 heteroatoms. The number of esters is 1. The average Bonchev–Trinajstić information content (AvgIpc) is 3.39. The molecule has 2 heterocycles. The molecule has 0 aliphatic heterocycles. The number of carboxylic acids is 1. The van der Waals surface area contributed by atoms with E-state index in [1.54, 1.807) is 24.3 Å². The zero-order valence-corrected chi connectivity index (χ0v) is 46.1. The minimum Gasteiger partial charge on any atom is -0.490 e. The van der Waals surface area contributed by atoms with Crippen LogP contribution in [0.4, 0.5) is 26.3 Å². The normalized spacial score (nSPS) is 29.7. The van der Waals surface area contributed by atoms with E-state index in [0.29, 0.717) is 66.6 Å². The molecule has 2 aromatic carbocycles. The SMILES string of the molecule is CC(C)(C)C1CCC(Oc2ccc3nc(CNC45CCC(C(=O)O)(CC4)CC5)ccc3c2C(F)(F)F)CC1.COC(=O)C12CCC(NCc3ccc4c(C(F)(F)F)c(OC5CCC(C(C)(C)C)CC5)ccc4n3)(CC1)CC2. The first-order valence-corrected chi connectivity index (χ1v) is 28.3. The van der Waals surface area contributed by atoms with Crippen LogP contribution < -0.4 is 20.1 Å². The van der Waals surface area contributed by atoms with Crippen molar-refractivity contribution in [1.82, 2.24) is 20.6 Å². The number of methoxy groups -OCH3 is 1. The third kappa shape index (κ3) is 12.2. The van der Waals surface area contributed by atoms with Crippen molar-refractivity contribution < 1.29 is 55.2 Å². The number of benzene rings is 2. The Labute approximate surface area is 450 Å². The van der Waals surface area contributed by atoms with Crippen molar-refractivity contribution in [1.29, 1.82) is 0 Å². The van der Waals surface area contributed by atoms with Gasteiger partial charge >= 0.3 is 24.3 Å². The highest BCUT2D eigenvalue weighted by Gasteiger charge is 2.54. The lowest BCUT2D eigenvalue weighted by Gasteiger charge is -2.52. The molecule has 0 unspecified atom stereocenters. The summed E-state index contributed by atoms with van der Waals surface area (Å²) in [6, 6.07) is 12.5. The van der Waals surface area contributed by atoms with Gasteiger partial charge in [0.05, 0.1) is 52.6 Å². The molecule has 0 spiro atoms. The Bertz CT molecular complexity index is 2740. The summed E-state index contributed by atoms with van der Waals surface area (Å²) in [7, 11) is 1.45. The van der Waals surface area contributed by atoms with Crippen LogP contribution in [0.15, 0.2) is 48.5 Å². The molecule has 77 heavy (non-hydrogen) atoms. The molecule has 0 radical (unpaired) electrons. The van der Waals surface area contributed by atoms with Crippen molar-refractivity contribution in [2.45, 2.75) is 219 Å². The molecule has 8 saturated carbocycles. The first-order chi connectivity index (χ1) is 36.1. The van der Waals surface area contributed by atoms with Crippen LogP contribution in [0.5, 0.6) is 11.5 Å². The number of hydrogen-bond donors (Lipinski definition) is 3. The molecule has 8 fully saturated rings. The van der Waals surface area contributed by atoms with Crippen LogP contribution in [0, 0.1) is 33.5 Å². The van der Waals surface area contributed by atoms with Crippen molar-refractivity contribution in [2.24, 2.45) is 33.5 Å². The van der Waals surface area contributed by atoms with Gasteiger partial charge in [0.1, 0.15) is 22.6 Å². The van der Waals surface area contributed by atoms with Crippen molar-refractivity contribution in [3.8, 4) is 11.5 Å². The van der Waals surface area contributed by atoms with Crippen LogP contribution in [0.2, 0.25) is 0 Å². The van der Waals surface area contributed by atoms with E-state index in [9.17, 15) is 41.0 Å². The maximum Gasteiger partial charge on any atom is 0.420 e. The molecule has 2 aromatic heterocycles. The van der Waals surface area contributed by atoms with Gasteiger partial charge in [-0.25, -0.2) is 0 Å². The maximum absolute atomic E-state index is 14.3. The molecule has 10 nitrogen and oxygen atoms in total. The first kappa shape index (κ1) is 57.0. The molecule has 0 saturated heterocycles. The second kappa shape index (κ2) is 21.4. The number of aliphatic carboxylic acids is 1. The summed E-state index contributed by atoms with van der Waals surface area (Å²) < 4.78 is 103. The Morgan fingerprint density at radius 2 is 0.883 bits per heavy atom. The monoisotopic (exact) mass is 1080 g/mol. The van der Waals surface area contributed by atoms with Crippen molar-refractivity contribution in [3.63, 3.8) is 0 Å². The Hall–Kier alpha value is -4.70. The van der Waals surface area contributed by atoms with E-state index in [-0.39, 0.29) is 67.8 Å². The number of fused-ring (bicyclic) bond motifs is 8. The van der Waals surface area contributed by atoms with Gasteiger partial charge < -0.3 is 30.0 Å². The Balaban J connectivity index is 0.000000188. The van der Waals surface area contributed by atoms with Gasteiger partial charge in [0.15, 0.2) is 0 Å². The highest BCUT2D eigenvalue weighted by molar-refractivity contribution is 5.86. The average molecular weight is 1080 g/mol. The Morgan fingerprint density at radius 3 is 1.19 bits per heavy atom. The first-order valence-electron chi connectivity index (χ1n) is 28.3. The summed E-state index contributed by atoms with van der Waals surface area (Å²) in [4.78, 5) is 33.2. The number of carboxylic acid groups (broad SMARTS) is 1. The second-order valence-electron chi connectivity index (χ2n) is 26.2. The van der Waals surface area contributed by atoms with Gasteiger partial charge in [0.25, 0.3) is 0 Å². The van der Waals surface area contributed by atoms with Crippen molar-refractivity contribution in [3.05, 3.63) is 71.0 Å². The quantitative estimate of drug-likeness (QED) is 0.0931. The van der Waals surface area contributed by atoms with E-state index in [2.05, 4.69) is 62.1 Å². The molecule has 8 aliphatic carbocycles. The van der Waals surface area contributed by atoms with E-state index in [0.717, 1.165) is 109 Å². The van der Waals surface area contributed by atoms with Crippen LogP contribution in [0.25, 0.3) is 21.8 Å². The standard InChI is InChI=1S/C31H41F3N2O3.C30H39F3N2O3/c1-28(2,3)20-5-8-22(9-6-20)39-25-12-11-24-23(26(25)31(32,33)34)10-7-21(36-24)19-35-30-16-13-29(14-17-30,15-18-30)27(37)38-4;1-27(2,3)19-4-7-21(8-5-19)38-24-11-10-23-22(25(24)30(31,32)33)9-6-20(35-23)18-34-29-15-12-28(13-16-29,14-17-29)26(36)37/h7,10-12,20,22,35H,5-6,8-9,13-19H2,1-4H3;6,9-11,19,21,34H,4-5,7-8,12-18H2,1-3H3,(H,36,37). The van der Waals surface area contributed by atoms with Crippen LogP contribution in [0.1, 0.15) is 192 Å². The number of nitrogens with zero attached hydrogens (tertiary/aromatic N) is 2. The van der Waals surface area contributed by atoms with Gasteiger partial charge in [-0.15, -0.1) is 0 Å². The summed E-state index contributed by atoms with van der Waals surface area (Å²) in [5.74, 6) is 0.112. The van der Waals surface area contributed by atoms with Crippen molar-refractivity contribution >= 4 is 33.7 Å². The van der Waals surface area contributed by atoms with E-state index in [1.165, 1.54) is 31.4 Å². The minimum absolute atomic E-state index is 0.0573. The fraction of sp³-hybridized carbons (Fsp3) is 0.672. The molecule has 8 aliphatic rings. The highest BCUT2D eigenvalue weighted by Crippen LogP contribution is 2.55. The van der Waals surface area contributed by atoms with E-state index >= 15 is 0 Å². The van der Waals surface area contributed by atoms with Crippen LogP contribution in [-0.4, -0.2) is 57.4 Å². The fourth-order valence-corrected chi connectivity index (χ4v) is 14.2. The number of pyridine rings is 2. The summed E-state index contributed by atoms with van der Waals surface area (Å²) >= 11 is 0. The number of rotatable bonds is 12. The van der Waals surface area contributed by atoms with E-state index in [4.69, 9.17) is 14.2 Å². The fourth-order valence-electron chi connectivity index (χ4n) is 14.2. The highest BCUT2D eigenvalue weighted by atomic mass is 19.4. The van der Waals surface area contributed by atoms with Crippen LogP contribution >= 0.6 is 0 Å². The number of hydrogen-bond acceptors (Lipinski definition) is 9. The number of halogens is 6. The van der Waals surface area contributed by atoms with E-state index in [1.807, 2.05) is 0 Å². The predicted molar refractivity (Wildman–Crippen MR) is 284 cm³/mol. The molecule has 4 aromatic rings. The largest absolute Gasteiger partial charge is 0.490 e.